The highest BCUT2D eigenvalue weighted by molar-refractivity contribution is 6.52. The summed E-state index contributed by atoms with van der Waals surface area (Å²) in [7, 11) is 1.94. The van der Waals surface area contributed by atoms with E-state index in [0.717, 1.165) is 27.6 Å². The zero-order chi connectivity index (χ0) is 23.3. The lowest BCUT2D eigenvalue weighted by Crippen LogP contribution is -2.29. The lowest BCUT2D eigenvalue weighted by molar-refractivity contribution is -0.132. The standard InChI is InChI=1S/C28H24N2O3/c1-17-13-14-18(2)21(15-17)26(31)24-25(22-16-29(3)23-12-8-7-11-20(22)23)30(28(33)27(24)32)19-9-5-4-6-10-19/h4-16,25,31H,1-3H3/b26-24+. The molecule has 1 fully saturated rings. The van der Waals surface area contributed by atoms with Gasteiger partial charge in [0, 0.05) is 41.0 Å². The highest BCUT2D eigenvalue weighted by atomic mass is 16.3. The van der Waals surface area contributed by atoms with E-state index in [2.05, 4.69) is 0 Å². The normalized spacial score (nSPS) is 17.8. The van der Waals surface area contributed by atoms with Gasteiger partial charge in [-0.1, -0.05) is 54.1 Å². The molecule has 5 heteroatoms. The summed E-state index contributed by atoms with van der Waals surface area (Å²) in [5.74, 6) is -1.48. The lowest BCUT2D eigenvalue weighted by atomic mass is 9.93. The molecule has 4 aromatic rings. The van der Waals surface area contributed by atoms with Crippen molar-refractivity contribution in [1.82, 2.24) is 4.57 Å². The maximum absolute atomic E-state index is 13.4. The van der Waals surface area contributed by atoms with Gasteiger partial charge in [0.05, 0.1) is 11.6 Å². The smallest absolute Gasteiger partial charge is 0.300 e. The highest BCUT2D eigenvalue weighted by Crippen LogP contribution is 2.44. The third-order valence-corrected chi connectivity index (χ3v) is 6.35. The third-order valence-electron chi connectivity index (χ3n) is 6.35. The summed E-state index contributed by atoms with van der Waals surface area (Å²) in [6.45, 7) is 3.82. The molecule has 0 bridgehead atoms. The zero-order valence-corrected chi connectivity index (χ0v) is 18.7. The lowest BCUT2D eigenvalue weighted by Gasteiger charge is -2.25. The first kappa shape index (κ1) is 20.8. The number of Topliss-reactive ketones (excluding diaryl/α,β-unsaturated/α-hetero) is 1. The molecule has 1 unspecified atom stereocenters. The second-order valence-corrected chi connectivity index (χ2v) is 8.54. The summed E-state index contributed by atoms with van der Waals surface area (Å²) >= 11 is 0. The van der Waals surface area contributed by atoms with Crippen LogP contribution in [-0.2, 0) is 16.6 Å². The second-order valence-electron chi connectivity index (χ2n) is 8.54. The van der Waals surface area contributed by atoms with Crippen LogP contribution in [0, 0.1) is 13.8 Å². The van der Waals surface area contributed by atoms with Crippen LogP contribution in [0.25, 0.3) is 16.7 Å². The SMILES string of the molecule is Cc1ccc(C)c(/C(O)=C2\C(=O)C(=O)N(c3ccccc3)C2c2cn(C)c3ccccc23)c1. The number of carbonyl (C=O) groups is 2. The van der Waals surface area contributed by atoms with E-state index in [1.807, 2.05) is 92.3 Å². The maximum Gasteiger partial charge on any atom is 0.300 e. The third kappa shape index (κ3) is 3.24. The molecule has 1 aliphatic rings. The Hall–Kier alpha value is -4.12. The van der Waals surface area contributed by atoms with Gasteiger partial charge in [0.25, 0.3) is 11.7 Å². The average Bonchev–Trinajstić information content (AvgIpc) is 3.29. The molecule has 0 aliphatic carbocycles. The first-order chi connectivity index (χ1) is 15.9. The van der Waals surface area contributed by atoms with Crippen LogP contribution in [0.15, 0.2) is 84.6 Å². The summed E-state index contributed by atoms with van der Waals surface area (Å²) in [6, 6.07) is 22.0. The molecule has 0 spiro atoms. The van der Waals surface area contributed by atoms with Crippen LogP contribution < -0.4 is 4.90 Å². The number of rotatable bonds is 3. The highest BCUT2D eigenvalue weighted by Gasteiger charge is 2.47. The number of carbonyl (C=O) groups excluding carboxylic acids is 2. The summed E-state index contributed by atoms with van der Waals surface area (Å²) in [5, 5.41) is 12.4. The monoisotopic (exact) mass is 436 g/mol. The summed E-state index contributed by atoms with van der Waals surface area (Å²) < 4.78 is 1.98. The fourth-order valence-electron chi connectivity index (χ4n) is 4.71. The molecule has 1 amide bonds. The maximum atomic E-state index is 13.4. The van der Waals surface area contributed by atoms with Crippen molar-refractivity contribution in [3.63, 3.8) is 0 Å². The minimum absolute atomic E-state index is 0.105. The molecular weight excluding hydrogens is 412 g/mol. The van der Waals surface area contributed by atoms with Gasteiger partial charge >= 0.3 is 0 Å². The van der Waals surface area contributed by atoms with Crippen molar-refractivity contribution in [3.05, 3.63) is 107 Å². The Morgan fingerprint density at radius 3 is 2.36 bits per heavy atom. The number of amides is 1. The summed E-state index contributed by atoms with van der Waals surface area (Å²) in [6.07, 6.45) is 1.94. The van der Waals surface area contributed by atoms with Crippen molar-refractivity contribution < 1.29 is 14.7 Å². The number of nitrogens with zero attached hydrogens (tertiary/aromatic N) is 2. The van der Waals surface area contributed by atoms with Crippen molar-refractivity contribution in [2.45, 2.75) is 19.9 Å². The van der Waals surface area contributed by atoms with Crippen LogP contribution >= 0.6 is 0 Å². The van der Waals surface area contributed by atoms with Gasteiger partial charge in [-0.15, -0.1) is 0 Å². The van der Waals surface area contributed by atoms with Gasteiger partial charge in [-0.2, -0.15) is 0 Å². The number of hydrogen-bond donors (Lipinski definition) is 1. The molecule has 3 aromatic carbocycles. The van der Waals surface area contributed by atoms with Crippen LogP contribution in [0.1, 0.15) is 28.3 Å². The first-order valence-electron chi connectivity index (χ1n) is 10.9. The van der Waals surface area contributed by atoms with Gasteiger partial charge in [0.1, 0.15) is 5.76 Å². The van der Waals surface area contributed by atoms with E-state index in [9.17, 15) is 14.7 Å². The Kier molecular flexibility index (Phi) is 4.90. The number of fused-ring (bicyclic) bond motifs is 1. The molecule has 2 heterocycles. The van der Waals surface area contributed by atoms with Crippen molar-refractivity contribution in [3.8, 4) is 0 Å². The van der Waals surface area contributed by atoms with Gasteiger partial charge in [-0.25, -0.2) is 0 Å². The van der Waals surface area contributed by atoms with E-state index in [0.29, 0.717) is 11.3 Å². The molecule has 1 aromatic heterocycles. The van der Waals surface area contributed by atoms with Gasteiger partial charge in [-0.05, 0) is 43.7 Å². The molecule has 1 atom stereocenters. The topological polar surface area (TPSA) is 62.5 Å². The molecule has 1 N–H and O–H groups in total. The van der Waals surface area contributed by atoms with E-state index in [4.69, 9.17) is 0 Å². The predicted octanol–water partition coefficient (Wildman–Crippen LogP) is 5.42. The Morgan fingerprint density at radius 2 is 1.61 bits per heavy atom. The largest absolute Gasteiger partial charge is 0.507 e. The Labute approximate surface area is 192 Å². The van der Waals surface area contributed by atoms with Crippen LogP contribution in [0.4, 0.5) is 5.69 Å². The Balaban J connectivity index is 1.83. The van der Waals surface area contributed by atoms with Crippen molar-refractivity contribution >= 4 is 34.0 Å². The number of aliphatic hydroxyl groups excluding tert-OH is 1. The molecule has 0 saturated carbocycles. The molecular formula is C28H24N2O3. The van der Waals surface area contributed by atoms with Crippen LogP contribution in [0.5, 0.6) is 0 Å². The van der Waals surface area contributed by atoms with Gasteiger partial charge in [-0.3, -0.25) is 14.5 Å². The predicted molar refractivity (Wildman–Crippen MR) is 130 cm³/mol. The van der Waals surface area contributed by atoms with E-state index in [1.165, 1.54) is 4.90 Å². The van der Waals surface area contributed by atoms with Gasteiger partial charge < -0.3 is 9.67 Å². The van der Waals surface area contributed by atoms with Crippen LogP contribution in [0.3, 0.4) is 0 Å². The average molecular weight is 437 g/mol. The van der Waals surface area contributed by atoms with E-state index < -0.39 is 17.7 Å². The molecule has 5 rings (SSSR count). The number of hydrogen-bond acceptors (Lipinski definition) is 3. The summed E-state index contributed by atoms with van der Waals surface area (Å²) in [4.78, 5) is 28.3. The van der Waals surface area contributed by atoms with Crippen molar-refractivity contribution in [2.75, 3.05) is 4.90 Å². The van der Waals surface area contributed by atoms with Gasteiger partial charge in [0.2, 0.25) is 0 Å². The second kappa shape index (κ2) is 7.78. The summed E-state index contributed by atoms with van der Waals surface area (Å²) in [5.41, 5.74) is 4.85. The molecule has 1 saturated heterocycles. The van der Waals surface area contributed by atoms with Crippen LogP contribution in [-0.4, -0.2) is 21.4 Å². The Bertz CT molecular complexity index is 1450. The minimum atomic E-state index is -0.751. The number of aryl methyl sites for hydroxylation is 3. The Morgan fingerprint density at radius 1 is 0.909 bits per heavy atom. The number of anilines is 1. The number of para-hydroxylation sites is 2. The number of aromatic nitrogens is 1. The molecule has 164 valence electrons. The molecule has 0 radical (unpaired) electrons. The number of benzene rings is 3. The van der Waals surface area contributed by atoms with E-state index >= 15 is 0 Å². The van der Waals surface area contributed by atoms with Gasteiger partial charge in [0.15, 0.2) is 0 Å². The molecule has 33 heavy (non-hydrogen) atoms. The molecule has 5 nitrogen and oxygen atoms in total. The zero-order valence-electron chi connectivity index (χ0n) is 18.7. The number of ketones is 1. The van der Waals surface area contributed by atoms with Crippen molar-refractivity contribution in [1.29, 1.82) is 0 Å². The molecule has 1 aliphatic heterocycles. The quantitative estimate of drug-likeness (QED) is 0.265. The van der Waals surface area contributed by atoms with E-state index in [1.54, 1.807) is 12.1 Å². The van der Waals surface area contributed by atoms with Crippen molar-refractivity contribution in [2.24, 2.45) is 7.05 Å². The fourth-order valence-corrected chi connectivity index (χ4v) is 4.71. The first-order valence-corrected chi connectivity index (χ1v) is 10.9. The van der Waals surface area contributed by atoms with E-state index in [-0.39, 0.29) is 11.3 Å². The number of aliphatic hydroxyl groups is 1. The fraction of sp³-hybridized carbons (Fsp3) is 0.143. The van der Waals surface area contributed by atoms with Crippen LogP contribution in [0.2, 0.25) is 0 Å². The minimum Gasteiger partial charge on any atom is -0.507 e.